The number of morpholine rings is 1. The first kappa shape index (κ1) is 10.5. The average Bonchev–Trinajstić information content (AvgIpc) is 2.26. The molecule has 0 saturated carbocycles. The lowest BCUT2D eigenvalue weighted by Gasteiger charge is -2.29. The van der Waals surface area contributed by atoms with E-state index in [0.717, 1.165) is 0 Å². The number of hydrogen-bond donors (Lipinski definition) is 1. The maximum absolute atomic E-state index is 11.4. The summed E-state index contributed by atoms with van der Waals surface area (Å²) in [5, 5.41) is 11.3. The lowest BCUT2D eigenvalue weighted by molar-refractivity contribution is 0.0159. The molecule has 1 saturated heterocycles. The van der Waals surface area contributed by atoms with Gasteiger partial charge in [0.2, 0.25) is 0 Å². The monoisotopic (exact) mass is 195 g/mol. The van der Waals surface area contributed by atoms with Gasteiger partial charge in [-0.25, -0.2) is 4.79 Å². The van der Waals surface area contributed by atoms with E-state index in [-0.39, 0.29) is 6.03 Å². The van der Waals surface area contributed by atoms with E-state index in [2.05, 4.69) is 11.9 Å². The zero-order valence-corrected chi connectivity index (χ0v) is 7.90. The number of nitrogens with one attached hydrogen (secondary N) is 1. The standard InChI is InChI=1S/C9H13N3O2/c1-2-3-11-9(13)12-4-5-14-8(6-10)7-12/h2,8H,1,3-5,7H2,(H,11,13). The number of carbonyl (C=O) groups excluding carboxylic acids is 1. The summed E-state index contributed by atoms with van der Waals surface area (Å²) in [4.78, 5) is 13.0. The third-order valence-corrected chi connectivity index (χ3v) is 1.90. The molecule has 0 aliphatic carbocycles. The minimum Gasteiger partial charge on any atom is -0.360 e. The molecule has 0 spiro atoms. The van der Waals surface area contributed by atoms with Crippen LogP contribution in [0.15, 0.2) is 12.7 Å². The Morgan fingerprint density at radius 3 is 3.29 bits per heavy atom. The van der Waals surface area contributed by atoms with Gasteiger partial charge in [-0.3, -0.25) is 0 Å². The van der Waals surface area contributed by atoms with Gasteiger partial charge < -0.3 is 15.0 Å². The summed E-state index contributed by atoms with van der Waals surface area (Å²) in [5.41, 5.74) is 0. The molecule has 1 aliphatic heterocycles. The molecule has 1 rings (SSSR count). The van der Waals surface area contributed by atoms with Crippen LogP contribution >= 0.6 is 0 Å². The molecule has 1 fully saturated rings. The van der Waals surface area contributed by atoms with Crippen LogP contribution in [0.2, 0.25) is 0 Å². The SMILES string of the molecule is C=CCNC(=O)N1CCOC(C#N)C1. The van der Waals surface area contributed by atoms with Crippen LogP contribution in [0.4, 0.5) is 4.79 Å². The highest BCUT2D eigenvalue weighted by molar-refractivity contribution is 5.74. The molecular formula is C9H13N3O2. The van der Waals surface area contributed by atoms with Crippen LogP contribution in [-0.4, -0.2) is 43.3 Å². The lowest BCUT2D eigenvalue weighted by atomic mass is 10.3. The highest BCUT2D eigenvalue weighted by Crippen LogP contribution is 2.03. The second-order valence-electron chi connectivity index (χ2n) is 2.91. The Hall–Kier alpha value is -1.54. The van der Waals surface area contributed by atoms with Crippen molar-refractivity contribution in [2.45, 2.75) is 6.10 Å². The molecule has 2 amide bonds. The van der Waals surface area contributed by atoms with Crippen LogP contribution in [0, 0.1) is 11.3 Å². The number of nitriles is 1. The average molecular weight is 195 g/mol. The molecule has 1 unspecified atom stereocenters. The van der Waals surface area contributed by atoms with Crippen molar-refractivity contribution in [1.29, 1.82) is 5.26 Å². The Labute approximate surface area is 82.9 Å². The van der Waals surface area contributed by atoms with E-state index in [1.807, 2.05) is 6.07 Å². The fourth-order valence-electron chi connectivity index (χ4n) is 1.18. The van der Waals surface area contributed by atoms with Crippen molar-refractivity contribution in [3.05, 3.63) is 12.7 Å². The van der Waals surface area contributed by atoms with Gasteiger partial charge in [0.15, 0.2) is 6.10 Å². The summed E-state index contributed by atoms with van der Waals surface area (Å²) in [6.45, 7) is 5.21. The Balaban J connectivity index is 2.40. The summed E-state index contributed by atoms with van der Waals surface area (Å²) in [5.74, 6) is 0. The lowest BCUT2D eigenvalue weighted by Crippen LogP contribution is -2.49. The van der Waals surface area contributed by atoms with E-state index < -0.39 is 6.10 Å². The summed E-state index contributed by atoms with van der Waals surface area (Å²) < 4.78 is 5.11. The normalized spacial score (nSPS) is 21.1. The van der Waals surface area contributed by atoms with Gasteiger partial charge in [0.25, 0.3) is 0 Å². The van der Waals surface area contributed by atoms with Gasteiger partial charge in [-0.1, -0.05) is 6.08 Å². The highest BCUT2D eigenvalue weighted by atomic mass is 16.5. The minimum atomic E-state index is -0.502. The van der Waals surface area contributed by atoms with Gasteiger partial charge in [-0.2, -0.15) is 5.26 Å². The molecule has 1 aliphatic rings. The Kier molecular flexibility index (Phi) is 3.95. The predicted octanol–water partition coefficient (Wildman–Crippen LogP) is 0.106. The van der Waals surface area contributed by atoms with E-state index in [9.17, 15) is 4.79 Å². The first-order valence-electron chi connectivity index (χ1n) is 4.43. The summed E-state index contributed by atoms with van der Waals surface area (Å²) >= 11 is 0. The van der Waals surface area contributed by atoms with E-state index in [4.69, 9.17) is 10.00 Å². The van der Waals surface area contributed by atoms with Crippen molar-refractivity contribution >= 4 is 6.03 Å². The van der Waals surface area contributed by atoms with Crippen molar-refractivity contribution in [3.8, 4) is 6.07 Å². The van der Waals surface area contributed by atoms with Gasteiger partial charge in [0, 0.05) is 13.1 Å². The smallest absolute Gasteiger partial charge is 0.317 e. The maximum Gasteiger partial charge on any atom is 0.317 e. The maximum atomic E-state index is 11.4. The van der Waals surface area contributed by atoms with Crippen molar-refractivity contribution in [3.63, 3.8) is 0 Å². The van der Waals surface area contributed by atoms with Crippen LogP contribution in [0.5, 0.6) is 0 Å². The molecule has 0 radical (unpaired) electrons. The summed E-state index contributed by atoms with van der Waals surface area (Å²) in [6, 6.07) is 1.81. The van der Waals surface area contributed by atoms with E-state index in [1.54, 1.807) is 11.0 Å². The molecule has 5 heteroatoms. The molecule has 76 valence electrons. The van der Waals surface area contributed by atoms with Crippen LogP contribution in [0.1, 0.15) is 0 Å². The quantitative estimate of drug-likeness (QED) is 0.636. The molecule has 0 bridgehead atoms. The molecule has 0 aromatic rings. The second kappa shape index (κ2) is 5.25. The Bertz CT molecular complexity index is 259. The first-order valence-corrected chi connectivity index (χ1v) is 4.43. The van der Waals surface area contributed by atoms with Gasteiger partial charge in [0.1, 0.15) is 0 Å². The fraction of sp³-hybridized carbons (Fsp3) is 0.556. The zero-order valence-electron chi connectivity index (χ0n) is 7.90. The molecule has 0 aromatic heterocycles. The molecule has 1 heterocycles. The van der Waals surface area contributed by atoms with Crippen molar-refractivity contribution in [1.82, 2.24) is 10.2 Å². The number of ether oxygens (including phenoxy) is 1. The predicted molar refractivity (Wildman–Crippen MR) is 50.5 cm³/mol. The van der Waals surface area contributed by atoms with Gasteiger partial charge in [-0.15, -0.1) is 6.58 Å². The second-order valence-corrected chi connectivity index (χ2v) is 2.91. The minimum absolute atomic E-state index is 0.173. The number of amides is 2. The Morgan fingerprint density at radius 2 is 2.64 bits per heavy atom. The Morgan fingerprint density at radius 1 is 1.86 bits per heavy atom. The molecular weight excluding hydrogens is 182 g/mol. The molecule has 0 aromatic carbocycles. The summed E-state index contributed by atoms with van der Waals surface area (Å²) in [6.07, 6.45) is 1.11. The number of urea groups is 1. The molecule has 5 nitrogen and oxygen atoms in total. The summed E-state index contributed by atoms with van der Waals surface area (Å²) in [7, 11) is 0. The number of carbonyl (C=O) groups is 1. The van der Waals surface area contributed by atoms with Crippen molar-refractivity contribution in [2.24, 2.45) is 0 Å². The first-order chi connectivity index (χ1) is 6.77. The van der Waals surface area contributed by atoms with Crippen molar-refractivity contribution in [2.75, 3.05) is 26.2 Å². The van der Waals surface area contributed by atoms with Crippen LogP contribution in [0.3, 0.4) is 0 Å². The number of rotatable bonds is 2. The molecule has 1 N–H and O–H groups in total. The van der Waals surface area contributed by atoms with Gasteiger partial charge in [-0.05, 0) is 0 Å². The van der Waals surface area contributed by atoms with Crippen LogP contribution in [-0.2, 0) is 4.74 Å². The van der Waals surface area contributed by atoms with Gasteiger partial charge >= 0.3 is 6.03 Å². The van der Waals surface area contributed by atoms with Crippen LogP contribution < -0.4 is 5.32 Å². The topological polar surface area (TPSA) is 65.4 Å². The van der Waals surface area contributed by atoms with E-state index in [1.165, 1.54) is 0 Å². The third kappa shape index (κ3) is 2.75. The molecule has 1 atom stereocenters. The van der Waals surface area contributed by atoms with E-state index in [0.29, 0.717) is 26.2 Å². The largest absolute Gasteiger partial charge is 0.360 e. The highest BCUT2D eigenvalue weighted by Gasteiger charge is 2.23. The van der Waals surface area contributed by atoms with Crippen molar-refractivity contribution < 1.29 is 9.53 Å². The molecule has 14 heavy (non-hydrogen) atoms. The fourth-order valence-corrected chi connectivity index (χ4v) is 1.18. The zero-order chi connectivity index (χ0) is 10.4. The van der Waals surface area contributed by atoms with E-state index >= 15 is 0 Å². The third-order valence-electron chi connectivity index (χ3n) is 1.90. The number of nitrogens with zero attached hydrogens (tertiary/aromatic N) is 2. The van der Waals surface area contributed by atoms with Gasteiger partial charge in [0.05, 0.1) is 19.2 Å². The number of hydrogen-bond acceptors (Lipinski definition) is 3. The van der Waals surface area contributed by atoms with Crippen LogP contribution in [0.25, 0.3) is 0 Å².